The third kappa shape index (κ3) is 2.33. The maximum absolute atomic E-state index is 13.2. The molecule has 0 aromatic heterocycles. The van der Waals surface area contributed by atoms with Crippen molar-refractivity contribution in [2.45, 2.75) is 0 Å². The Kier molecular flexibility index (Phi) is 3.46. The third-order valence-corrected chi connectivity index (χ3v) is 3.00. The maximum Gasteiger partial charge on any atom is 0.150 e. The van der Waals surface area contributed by atoms with Crippen LogP contribution in [-0.2, 0) is 0 Å². The van der Waals surface area contributed by atoms with E-state index >= 15 is 0 Å². The Morgan fingerprint density at radius 1 is 1.06 bits per heavy atom. The number of hydrogen-bond donors (Lipinski definition) is 0. The predicted octanol–water partition coefficient (Wildman–Crippen LogP) is 4.61. The Morgan fingerprint density at radius 2 is 1.71 bits per heavy atom. The second-order valence-electron chi connectivity index (χ2n) is 3.45. The average Bonchev–Trinajstić information content (AvgIpc) is 2.29. The van der Waals surface area contributed by atoms with Crippen molar-refractivity contribution < 1.29 is 9.18 Å². The van der Waals surface area contributed by atoms with E-state index in [-0.39, 0.29) is 0 Å². The molecule has 0 radical (unpaired) electrons. The zero-order valence-corrected chi connectivity index (χ0v) is 10.1. The van der Waals surface area contributed by atoms with E-state index in [1.165, 1.54) is 18.2 Å². The van der Waals surface area contributed by atoms with E-state index in [1.807, 2.05) is 0 Å². The van der Waals surface area contributed by atoms with Gasteiger partial charge in [-0.3, -0.25) is 4.79 Å². The number of rotatable bonds is 2. The summed E-state index contributed by atoms with van der Waals surface area (Å²) in [5.74, 6) is -0.443. The molecule has 0 aliphatic rings. The zero-order chi connectivity index (χ0) is 12.4. The maximum atomic E-state index is 13.2. The lowest BCUT2D eigenvalue weighted by atomic mass is 10.00. The first kappa shape index (κ1) is 12.1. The van der Waals surface area contributed by atoms with Crippen LogP contribution in [0.4, 0.5) is 4.39 Å². The molecule has 0 saturated heterocycles. The lowest BCUT2D eigenvalue weighted by Crippen LogP contribution is -1.91. The molecule has 4 heteroatoms. The van der Waals surface area contributed by atoms with Gasteiger partial charge in [-0.05, 0) is 35.9 Å². The van der Waals surface area contributed by atoms with Crippen LogP contribution in [0, 0.1) is 5.82 Å². The normalized spacial score (nSPS) is 10.3. The number of carbonyl (C=O) groups is 1. The molecule has 0 unspecified atom stereocenters. The summed E-state index contributed by atoms with van der Waals surface area (Å²) in [7, 11) is 0. The topological polar surface area (TPSA) is 17.1 Å². The zero-order valence-electron chi connectivity index (χ0n) is 8.58. The van der Waals surface area contributed by atoms with Gasteiger partial charge in [0.2, 0.25) is 0 Å². The minimum Gasteiger partial charge on any atom is -0.298 e. The summed E-state index contributed by atoms with van der Waals surface area (Å²) in [5, 5.41) is 0.761. The largest absolute Gasteiger partial charge is 0.298 e. The number of carbonyl (C=O) groups excluding carboxylic acids is 1. The van der Waals surface area contributed by atoms with E-state index in [9.17, 15) is 9.18 Å². The molecular formula is C13H7Cl2FO. The van der Waals surface area contributed by atoms with E-state index in [1.54, 1.807) is 18.2 Å². The van der Waals surface area contributed by atoms with Gasteiger partial charge in [-0.25, -0.2) is 4.39 Å². The Balaban J connectivity index is 2.75. The van der Waals surface area contributed by atoms with Crippen LogP contribution in [-0.4, -0.2) is 6.29 Å². The molecule has 0 amide bonds. The van der Waals surface area contributed by atoms with Gasteiger partial charge in [0.1, 0.15) is 5.82 Å². The van der Waals surface area contributed by atoms with Crippen LogP contribution in [0.25, 0.3) is 11.1 Å². The molecule has 2 aromatic carbocycles. The van der Waals surface area contributed by atoms with Gasteiger partial charge in [0.15, 0.2) is 6.29 Å². The Bertz CT molecular complexity index is 561. The van der Waals surface area contributed by atoms with Crippen LogP contribution in [0.1, 0.15) is 10.4 Å². The van der Waals surface area contributed by atoms with Crippen molar-refractivity contribution in [1.29, 1.82) is 0 Å². The van der Waals surface area contributed by atoms with Gasteiger partial charge in [-0.2, -0.15) is 0 Å². The van der Waals surface area contributed by atoms with E-state index < -0.39 is 5.82 Å². The molecule has 86 valence electrons. The molecule has 2 aromatic rings. The fraction of sp³-hybridized carbons (Fsp3) is 0. The van der Waals surface area contributed by atoms with Crippen molar-refractivity contribution in [3.8, 4) is 11.1 Å². The van der Waals surface area contributed by atoms with Gasteiger partial charge in [-0.15, -0.1) is 0 Å². The van der Waals surface area contributed by atoms with Gasteiger partial charge >= 0.3 is 0 Å². The monoisotopic (exact) mass is 268 g/mol. The van der Waals surface area contributed by atoms with Crippen LogP contribution in [0.2, 0.25) is 10.0 Å². The van der Waals surface area contributed by atoms with E-state index in [0.717, 1.165) is 0 Å². The highest BCUT2D eigenvalue weighted by molar-refractivity contribution is 6.39. The molecule has 0 N–H and O–H groups in total. The van der Waals surface area contributed by atoms with Crippen LogP contribution in [0.15, 0.2) is 36.4 Å². The molecule has 0 heterocycles. The third-order valence-electron chi connectivity index (χ3n) is 2.37. The first-order chi connectivity index (χ1) is 8.13. The van der Waals surface area contributed by atoms with Gasteiger partial charge in [0, 0.05) is 21.2 Å². The van der Waals surface area contributed by atoms with E-state index in [0.29, 0.717) is 33.0 Å². The molecule has 0 fully saturated rings. The molecular weight excluding hydrogens is 262 g/mol. The standard InChI is InChI=1S/C13H7Cl2FO/c14-11-2-1-3-12(15)13(11)10-6-9(16)5-4-8(10)7-17/h1-7H. The van der Waals surface area contributed by atoms with Crippen molar-refractivity contribution in [3.05, 3.63) is 57.8 Å². The molecule has 0 aliphatic heterocycles. The number of hydrogen-bond acceptors (Lipinski definition) is 1. The van der Waals surface area contributed by atoms with Crippen LogP contribution in [0.3, 0.4) is 0 Å². The fourth-order valence-corrected chi connectivity index (χ4v) is 2.20. The van der Waals surface area contributed by atoms with Gasteiger partial charge in [0.25, 0.3) is 0 Å². The summed E-state index contributed by atoms with van der Waals surface area (Å²) < 4.78 is 13.2. The molecule has 1 nitrogen and oxygen atoms in total. The van der Waals surface area contributed by atoms with Crippen molar-refractivity contribution in [2.75, 3.05) is 0 Å². The lowest BCUT2D eigenvalue weighted by Gasteiger charge is -2.09. The minimum absolute atomic E-state index is 0.349. The second kappa shape index (κ2) is 4.86. The molecule has 17 heavy (non-hydrogen) atoms. The van der Waals surface area contributed by atoms with Gasteiger partial charge in [-0.1, -0.05) is 29.3 Å². The Hall–Kier alpha value is -1.38. The lowest BCUT2D eigenvalue weighted by molar-refractivity contribution is 0.112. The highest BCUT2D eigenvalue weighted by Gasteiger charge is 2.12. The van der Waals surface area contributed by atoms with E-state index in [4.69, 9.17) is 23.2 Å². The average molecular weight is 269 g/mol. The molecule has 0 spiro atoms. The van der Waals surface area contributed by atoms with Crippen molar-refractivity contribution >= 4 is 29.5 Å². The molecule has 0 atom stereocenters. The minimum atomic E-state index is -0.443. The van der Waals surface area contributed by atoms with Crippen LogP contribution >= 0.6 is 23.2 Å². The van der Waals surface area contributed by atoms with Gasteiger partial charge < -0.3 is 0 Å². The summed E-state index contributed by atoms with van der Waals surface area (Å²) >= 11 is 12.0. The molecule has 0 aliphatic carbocycles. The second-order valence-corrected chi connectivity index (χ2v) is 4.26. The van der Waals surface area contributed by atoms with Crippen LogP contribution < -0.4 is 0 Å². The summed E-state index contributed by atoms with van der Waals surface area (Å²) in [6.45, 7) is 0. The first-order valence-electron chi connectivity index (χ1n) is 4.82. The van der Waals surface area contributed by atoms with E-state index in [2.05, 4.69) is 0 Å². The highest BCUT2D eigenvalue weighted by atomic mass is 35.5. The predicted molar refractivity (Wildman–Crippen MR) is 67.2 cm³/mol. The first-order valence-corrected chi connectivity index (χ1v) is 5.58. The summed E-state index contributed by atoms with van der Waals surface area (Å²) in [4.78, 5) is 10.9. The Morgan fingerprint density at radius 3 is 2.29 bits per heavy atom. The number of benzene rings is 2. The molecule has 0 saturated carbocycles. The highest BCUT2D eigenvalue weighted by Crippen LogP contribution is 2.36. The fourth-order valence-electron chi connectivity index (χ4n) is 1.60. The summed E-state index contributed by atoms with van der Waals surface area (Å²) in [6, 6.07) is 8.84. The smallest absolute Gasteiger partial charge is 0.150 e. The number of halogens is 3. The SMILES string of the molecule is O=Cc1ccc(F)cc1-c1c(Cl)cccc1Cl. The Labute approximate surface area is 108 Å². The van der Waals surface area contributed by atoms with Gasteiger partial charge in [0.05, 0.1) is 0 Å². The summed E-state index contributed by atoms with van der Waals surface area (Å²) in [6.07, 6.45) is 0.647. The molecule has 2 rings (SSSR count). The quantitative estimate of drug-likeness (QED) is 0.727. The van der Waals surface area contributed by atoms with Crippen molar-refractivity contribution in [1.82, 2.24) is 0 Å². The van der Waals surface area contributed by atoms with Crippen molar-refractivity contribution in [2.24, 2.45) is 0 Å². The molecule has 0 bridgehead atoms. The van der Waals surface area contributed by atoms with Crippen LogP contribution in [0.5, 0.6) is 0 Å². The summed E-state index contributed by atoms with van der Waals surface area (Å²) in [5.41, 5.74) is 1.22. The number of aldehydes is 1. The van der Waals surface area contributed by atoms with Crippen molar-refractivity contribution in [3.63, 3.8) is 0 Å².